The van der Waals surface area contributed by atoms with Gasteiger partial charge < -0.3 is 35.5 Å². The maximum Gasteiger partial charge on any atom is 0.248 e. The molecule has 0 aromatic heterocycles. The molecule has 108 valence electrons. The molecule has 2 aliphatic heterocycles. The fraction of sp³-hybridized carbons (Fsp3) is 0.700. The van der Waals surface area contributed by atoms with E-state index in [1.807, 2.05) is 0 Å². The van der Waals surface area contributed by atoms with Crippen molar-refractivity contribution in [3.8, 4) is 0 Å². The molecule has 1 fully saturated rings. The summed E-state index contributed by atoms with van der Waals surface area (Å²) in [6.07, 6.45) is -2.84. The van der Waals surface area contributed by atoms with Crippen molar-refractivity contribution in [2.24, 2.45) is 0 Å². The van der Waals surface area contributed by atoms with Crippen LogP contribution in [0.2, 0.25) is 0 Å². The van der Waals surface area contributed by atoms with Crippen molar-refractivity contribution >= 4 is 5.91 Å². The molecule has 1 amide bonds. The number of nitrogens with zero attached hydrogens (tertiary/aromatic N) is 2. The summed E-state index contributed by atoms with van der Waals surface area (Å²) in [5, 5.41) is 41.3. The molecule has 5 atom stereocenters. The van der Waals surface area contributed by atoms with Gasteiger partial charge in [0.1, 0.15) is 18.3 Å². The third-order valence-corrected chi connectivity index (χ3v) is 3.12. The molecule has 9 nitrogen and oxygen atoms in total. The largest absolute Gasteiger partial charge is 0.394 e. The molecule has 0 bridgehead atoms. The average Bonchev–Trinajstić information content (AvgIpc) is 2.66. The number of carbonyl (C=O) groups excluding carboxylic acids is 1. The first-order chi connectivity index (χ1) is 8.95. The fourth-order valence-electron chi connectivity index (χ4n) is 2.12. The zero-order valence-electron chi connectivity index (χ0n) is 10.2. The van der Waals surface area contributed by atoms with Gasteiger partial charge in [-0.2, -0.15) is 5.06 Å². The third kappa shape index (κ3) is 2.56. The predicted molar refractivity (Wildman–Crippen MR) is 60.2 cm³/mol. The van der Waals surface area contributed by atoms with E-state index in [0.717, 1.165) is 5.06 Å². The van der Waals surface area contributed by atoms with Crippen molar-refractivity contribution in [3.05, 3.63) is 12.3 Å². The van der Waals surface area contributed by atoms with Crippen molar-refractivity contribution < 1.29 is 30.1 Å². The Morgan fingerprint density at radius 3 is 2.68 bits per heavy atom. The summed E-state index contributed by atoms with van der Waals surface area (Å²) in [6.45, 7) is -0.446. The molecule has 0 aliphatic carbocycles. The molecule has 0 aromatic rings. The van der Waals surface area contributed by atoms with Gasteiger partial charge in [-0.25, -0.2) is 0 Å². The van der Waals surface area contributed by atoms with E-state index in [0.29, 0.717) is 0 Å². The van der Waals surface area contributed by atoms with Crippen LogP contribution >= 0.6 is 0 Å². The molecule has 9 heteroatoms. The number of carbonyl (C=O) groups is 1. The number of hydroxylamine groups is 2. The lowest BCUT2D eigenvalue weighted by Crippen LogP contribution is -2.61. The summed E-state index contributed by atoms with van der Waals surface area (Å²) in [7, 11) is 1.32. The van der Waals surface area contributed by atoms with Crippen molar-refractivity contribution in [2.45, 2.75) is 30.8 Å². The topological polar surface area (TPSA) is 126 Å². The summed E-state index contributed by atoms with van der Waals surface area (Å²) < 4.78 is 5.33. The van der Waals surface area contributed by atoms with Crippen LogP contribution in [0.5, 0.6) is 0 Å². The Labute approximate surface area is 109 Å². The highest BCUT2D eigenvalue weighted by Crippen LogP contribution is 2.26. The van der Waals surface area contributed by atoms with Gasteiger partial charge in [0.05, 0.1) is 6.61 Å². The molecular weight excluding hydrogens is 258 g/mol. The first-order valence-corrected chi connectivity index (χ1v) is 5.76. The summed E-state index contributed by atoms with van der Waals surface area (Å²) in [6, 6.07) is 0. The van der Waals surface area contributed by atoms with Gasteiger partial charge in [-0.1, -0.05) is 0 Å². The number of amides is 1. The first-order valence-electron chi connectivity index (χ1n) is 5.76. The monoisotopic (exact) mass is 275 g/mol. The second kappa shape index (κ2) is 5.41. The maximum atomic E-state index is 11.2. The summed E-state index contributed by atoms with van der Waals surface area (Å²) in [5.74, 6) is -0.408. The SMILES string of the molecule is CN(O)C1NC(=O)C=CN1C1O[C@H](CO)[C@@H](O)[C@H]1O. The zero-order valence-corrected chi connectivity index (χ0v) is 10.2. The lowest BCUT2D eigenvalue weighted by molar-refractivity contribution is -0.201. The Morgan fingerprint density at radius 1 is 1.47 bits per heavy atom. The van der Waals surface area contributed by atoms with Gasteiger partial charge in [0, 0.05) is 19.3 Å². The number of hydrogen-bond donors (Lipinski definition) is 5. The summed E-state index contributed by atoms with van der Waals surface area (Å²) >= 11 is 0. The lowest BCUT2D eigenvalue weighted by atomic mass is 10.1. The predicted octanol–water partition coefficient (Wildman–Crippen LogP) is -3.02. The van der Waals surface area contributed by atoms with Crippen LogP contribution in [-0.4, -0.2) is 80.9 Å². The molecule has 0 radical (unpaired) electrons. The van der Waals surface area contributed by atoms with E-state index in [1.54, 1.807) is 0 Å². The quantitative estimate of drug-likeness (QED) is 0.344. The second-order valence-corrected chi connectivity index (χ2v) is 4.45. The van der Waals surface area contributed by atoms with Gasteiger partial charge in [-0.3, -0.25) is 4.79 Å². The van der Waals surface area contributed by atoms with Crippen LogP contribution in [0.4, 0.5) is 0 Å². The molecule has 0 saturated carbocycles. The van der Waals surface area contributed by atoms with Crippen LogP contribution in [-0.2, 0) is 9.53 Å². The highest BCUT2D eigenvalue weighted by atomic mass is 16.6. The number of hydrogen-bond acceptors (Lipinski definition) is 8. The van der Waals surface area contributed by atoms with Gasteiger partial charge in [-0.05, 0) is 0 Å². The number of aliphatic hydroxyl groups excluding tert-OH is 3. The molecule has 2 unspecified atom stereocenters. The van der Waals surface area contributed by atoms with Crippen LogP contribution < -0.4 is 5.32 Å². The van der Waals surface area contributed by atoms with Gasteiger partial charge in [-0.15, -0.1) is 0 Å². The van der Waals surface area contributed by atoms with E-state index in [-0.39, 0.29) is 0 Å². The molecule has 2 aliphatic rings. The minimum atomic E-state index is -1.28. The van der Waals surface area contributed by atoms with Crippen LogP contribution in [0.15, 0.2) is 12.3 Å². The minimum Gasteiger partial charge on any atom is -0.394 e. The average molecular weight is 275 g/mol. The van der Waals surface area contributed by atoms with Crippen LogP contribution in [0.1, 0.15) is 0 Å². The highest BCUT2D eigenvalue weighted by Gasteiger charge is 2.47. The Hall–Kier alpha value is -1.23. The molecule has 19 heavy (non-hydrogen) atoms. The van der Waals surface area contributed by atoms with E-state index >= 15 is 0 Å². The van der Waals surface area contributed by atoms with Crippen molar-refractivity contribution in [3.63, 3.8) is 0 Å². The third-order valence-electron chi connectivity index (χ3n) is 3.12. The van der Waals surface area contributed by atoms with E-state index in [4.69, 9.17) is 9.84 Å². The smallest absolute Gasteiger partial charge is 0.248 e. The standard InChI is InChI=1S/C10H17N3O6/c1-12(18)10-11-6(15)2-3-13(10)9-8(17)7(16)5(4-14)19-9/h2-3,5,7-10,14,16-18H,4H2,1H3,(H,11,15)/t5-,7-,8-,9?,10?/m1/s1. The highest BCUT2D eigenvalue weighted by molar-refractivity contribution is 5.88. The molecular formula is C10H17N3O6. The van der Waals surface area contributed by atoms with Gasteiger partial charge in [0.2, 0.25) is 5.91 Å². The van der Waals surface area contributed by atoms with Gasteiger partial charge in [0.25, 0.3) is 0 Å². The normalized spacial score (nSPS) is 38.9. The van der Waals surface area contributed by atoms with Crippen molar-refractivity contribution in [1.29, 1.82) is 0 Å². The fourth-order valence-corrected chi connectivity index (χ4v) is 2.12. The molecule has 0 spiro atoms. The van der Waals surface area contributed by atoms with E-state index in [1.165, 1.54) is 24.2 Å². The summed E-state index contributed by atoms with van der Waals surface area (Å²) in [5.41, 5.74) is 0. The Kier molecular flexibility index (Phi) is 4.04. The van der Waals surface area contributed by atoms with Gasteiger partial charge >= 0.3 is 0 Å². The molecule has 2 heterocycles. The second-order valence-electron chi connectivity index (χ2n) is 4.45. The van der Waals surface area contributed by atoms with Crippen molar-refractivity contribution in [2.75, 3.05) is 13.7 Å². The number of ether oxygens (including phenoxy) is 1. The maximum absolute atomic E-state index is 11.2. The molecule has 2 rings (SSSR count). The Bertz CT molecular complexity index is 376. The van der Waals surface area contributed by atoms with Crippen LogP contribution in [0.25, 0.3) is 0 Å². The zero-order chi connectivity index (χ0) is 14.2. The number of aliphatic hydroxyl groups is 3. The van der Waals surface area contributed by atoms with E-state index < -0.39 is 43.3 Å². The Morgan fingerprint density at radius 2 is 2.16 bits per heavy atom. The minimum absolute atomic E-state index is 0.408. The number of nitrogens with one attached hydrogen (secondary N) is 1. The number of rotatable bonds is 3. The summed E-state index contributed by atoms with van der Waals surface area (Å²) in [4.78, 5) is 12.6. The molecule has 1 saturated heterocycles. The van der Waals surface area contributed by atoms with Crippen molar-refractivity contribution in [1.82, 2.24) is 15.3 Å². The van der Waals surface area contributed by atoms with E-state index in [9.17, 15) is 20.2 Å². The molecule has 0 aromatic carbocycles. The van der Waals surface area contributed by atoms with Crippen LogP contribution in [0, 0.1) is 0 Å². The van der Waals surface area contributed by atoms with Crippen LogP contribution in [0.3, 0.4) is 0 Å². The first kappa shape index (κ1) is 14.2. The lowest BCUT2D eigenvalue weighted by Gasteiger charge is -2.40. The van der Waals surface area contributed by atoms with E-state index in [2.05, 4.69) is 5.32 Å². The molecule has 5 N–H and O–H groups in total. The van der Waals surface area contributed by atoms with Gasteiger partial charge in [0.15, 0.2) is 12.5 Å². The Balaban J connectivity index is 2.20.